The Labute approximate surface area is 62.4 Å². The summed E-state index contributed by atoms with van der Waals surface area (Å²) in [5.41, 5.74) is 0. The number of aliphatic hydroxyl groups is 1. The summed E-state index contributed by atoms with van der Waals surface area (Å²) in [6.07, 6.45) is -0.704. The first kappa shape index (κ1) is 9.88. The van der Waals surface area contributed by atoms with Crippen LogP contribution in [0, 0.1) is 5.92 Å². The quantitative estimate of drug-likeness (QED) is 0.558. The van der Waals surface area contributed by atoms with Gasteiger partial charge in [0.2, 0.25) is 0 Å². The molecule has 0 amide bonds. The van der Waals surface area contributed by atoms with Gasteiger partial charge in [-0.15, -0.1) is 0 Å². The molecule has 0 aliphatic rings. The van der Waals surface area contributed by atoms with Crippen molar-refractivity contribution in [2.24, 2.45) is 5.92 Å². The van der Waals surface area contributed by atoms with Gasteiger partial charge < -0.3 is 15.2 Å². The standard InChI is InChI=1S/C7H17NO2/c1-5(2)6(8-3)7(9)10-4/h5-9H,1-4H3/t6-,7?/m0/s1. The molecule has 0 aliphatic heterocycles. The van der Waals surface area contributed by atoms with Crippen molar-refractivity contribution in [2.75, 3.05) is 14.2 Å². The molecule has 0 saturated carbocycles. The Bertz CT molecular complexity index is 85.7. The van der Waals surface area contributed by atoms with Gasteiger partial charge in [0.05, 0.1) is 6.04 Å². The molecule has 0 radical (unpaired) electrons. The largest absolute Gasteiger partial charge is 0.367 e. The molecule has 3 heteroatoms. The summed E-state index contributed by atoms with van der Waals surface area (Å²) in [6, 6.07) is 0.0185. The van der Waals surface area contributed by atoms with Gasteiger partial charge in [-0.2, -0.15) is 0 Å². The normalized spacial score (nSPS) is 17.4. The lowest BCUT2D eigenvalue weighted by atomic mass is 10.0. The number of nitrogens with one attached hydrogen (secondary N) is 1. The molecule has 0 aliphatic carbocycles. The first-order valence-corrected chi connectivity index (χ1v) is 3.51. The van der Waals surface area contributed by atoms with Gasteiger partial charge in [-0.05, 0) is 13.0 Å². The van der Waals surface area contributed by atoms with Gasteiger partial charge in [0.25, 0.3) is 0 Å². The highest BCUT2D eigenvalue weighted by Gasteiger charge is 2.19. The highest BCUT2D eigenvalue weighted by molar-refractivity contribution is 4.70. The van der Waals surface area contributed by atoms with E-state index in [0.29, 0.717) is 5.92 Å². The van der Waals surface area contributed by atoms with Crippen molar-refractivity contribution in [1.82, 2.24) is 5.32 Å². The summed E-state index contributed by atoms with van der Waals surface area (Å²) < 4.78 is 4.76. The van der Waals surface area contributed by atoms with Gasteiger partial charge in [0.15, 0.2) is 6.29 Å². The van der Waals surface area contributed by atoms with Crippen LogP contribution in [0.5, 0.6) is 0 Å². The molecule has 10 heavy (non-hydrogen) atoms. The molecular weight excluding hydrogens is 130 g/mol. The molecule has 1 unspecified atom stereocenters. The van der Waals surface area contributed by atoms with Crippen molar-refractivity contribution in [3.8, 4) is 0 Å². The molecule has 0 rings (SSSR count). The van der Waals surface area contributed by atoms with Gasteiger partial charge in [-0.3, -0.25) is 0 Å². The number of hydrogen-bond acceptors (Lipinski definition) is 3. The minimum Gasteiger partial charge on any atom is -0.367 e. The molecule has 0 fully saturated rings. The molecule has 0 bridgehead atoms. The zero-order chi connectivity index (χ0) is 8.15. The van der Waals surface area contributed by atoms with Crippen LogP contribution in [0.4, 0.5) is 0 Å². The maximum Gasteiger partial charge on any atom is 0.169 e. The molecule has 0 heterocycles. The SMILES string of the molecule is CN[C@@H](C(C)C)C(O)OC. The van der Waals surface area contributed by atoms with Crippen LogP contribution in [-0.4, -0.2) is 31.6 Å². The fourth-order valence-corrected chi connectivity index (χ4v) is 0.952. The third-order valence-electron chi connectivity index (χ3n) is 1.60. The smallest absolute Gasteiger partial charge is 0.169 e. The van der Waals surface area contributed by atoms with Crippen LogP contribution in [0.3, 0.4) is 0 Å². The first-order valence-electron chi connectivity index (χ1n) is 3.51. The average Bonchev–Trinajstić information content (AvgIpc) is 1.88. The Hall–Kier alpha value is -0.120. The van der Waals surface area contributed by atoms with Crippen LogP contribution in [0.15, 0.2) is 0 Å². The second-order valence-electron chi connectivity index (χ2n) is 2.68. The fourth-order valence-electron chi connectivity index (χ4n) is 0.952. The van der Waals surface area contributed by atoms with E-state index in [0.717, 1.165) is 0 Å². The third-order valence-corrected chi connectivity index (χ3v) is 1.60. The van der Waals surface area contributed by atoms with E-state index in [4.69, 9.17) is 4.74 Å². The zero-order valence-corrected chi connectivity index (χ0v) is 7.09. The molecule has 62 valence electrons. The van der Waals surface area contributed by atoms with Crippen molar-refractivity contribution in [1.29, 1.82) is 0 Å². The predicted octanol–water partition coefficient (Wildman–Crippen LogP) is 0.195. The second-order valence-corrected chi connectivity index (χ2v) is 2.68. The first-order chi connectivity index (χ1) is 4.63. The van der Waals surface area contributed by atoms with Crippen LogP contribution in [0.2, 0.25) is 0 Å². The van der Waals surface area contributed by atoms with Crippen LogP contribution in [0.1, 0.15) is 13.8 Å². The molecule has 0 aromatic rings. The number of ether oxygens (including phenoxy) is 1. The van der Waals surface area contributed by atoms with Crippen molar-refractivity contribution in [3.05, 3.63) is 0 Å². The summed E-state index contributed by atoms with van der Waals surface area (Å²) in [5.74, 6) is 0.375. The second kappa shape index (κ2) is 4.66. The number of hydrogen-bond donors (Lipinski definition) is 2. The molecular formula is C7H17NO2. The van der Waals surface area contributed by atoms with E-state index < -0.39 is 6.29 Å². The maximum absolute atomic E-state index is 9.20. The minimum atomic E-state index is -0.704. The van der Waals surface area contributed by atoms with E-state index in [-0.39, 0.29) is 6.04 Å². The van der Waals surface area contributed by atoms with E-state index in [1.807, 2.05) is 20.9 Å². The van der Waals surface area contributed by atoms with Crippen molar-refractivity contribution >= 4 is 0 Å². The average molecular weight is 147 g/mol. The molecule has 0 saturated heterocycles. The van der Waals surface area contributed by atoms with Crippen LogP contribution >= 0.6 is 0 Å². The van der Waals surface area contributed by atoms with Gasteiger partial charge >= 0.3 is 0 Å². The van der Waals surface area contributed by atoms with E-state index >= 15 is 0 Å². The van der Waals surface area contributed by atoms with E-state index in [9.17, 15) is 5.11 Å². The fraction of sp³-hybridized carbons (Fsp3) is 1.00. The van der Waals surface area contributed by atoms with E-state index in [1.165, 1.54) is 7.11 Å². The highest BCUT2D eigenvalue weighted by Crippen LogP contribution is 2.05. The number of methoxy groups -OCH3 is 1. The van der Waals surface area contributed by atoms with E-state index in [1.54, 1.807) is 0 Å². The summed E-state index contributed by atoms with van der Waals surface area (Å²) in [4.78, 5) is 0. The Morgan fingerprint density at radius 2 is 1.90 bits per heavy atom. The molecule has 0 spiro atoms. The van der Waals surface area contributed by atoms with Crippen LogP contribution < -0.4 is 5.32 Å². The molecule has 2 N–H and O–H groups in total. The summed E-state index contributed by atoms with van der Waals surface area (Å²) in [7, 11) is 3.31. The predicted molar refractivity (Wildman–Crippen MR) is 40.7 cm³/mol. The van der Waals surface area contributed by atoms with Crippen molar-refractivity contribution in [3.63, 3.8) is 0 Å². The van der Waals surface area contributed by atoms with Crippen LogP contribution in [0.25, 0.3) is 0 Å². The summed E-state index contributed by atoms with van der Waals surface area (Å²) in [5, 5.41) is 12.2. The Balaban J connectivity index is 3.80. The minimum absolute atomic E-state index is 0.0185. The van der Waals surface area contributed by atoms with Crippen LogP contribution in [-0.2, 0) is 4.74 Å². The Kier molecular flexibility index (Phi) is 4.60. The Morgan fingerprint density at radius 1 is 1.40 bits per heavy atom. The van der Waals surface area contributed by atoms with E-state index in [2.05, 4.69) is 5.32 Å². The number of likely N-dealkylation sites (N-methyl/N-ethyl adjacent to an activating group) is 1. The zero-order valence-electron chi connectivity index (χ0n) is 7.09. The van der Waals surface area contributed by atoms with Gasteiger partial charge in [-0.25, -0.2) is 0 Å². The van der Waals surface area contributed by atoms with Gasteiger partial charge in [0.1, 0.15) is 0 Å². The van der Waals surface area contributed by atoms with Crippen molar-refractivity contribution in [2.45, 2.75) is 26.2 Å². The molecule has 2 atom stereocenters. The highest BCUT2D eigenvalue weighted by atomic mass is 16.6. The van der Waals surface area contributed by atoms with Crippen molar-refractivity contribution < 1.29 is 9.84 Å². The topological polar surface area (TPSA) is 41.5 Å². The summed E-state index contributed by atoms with van der Waals surface area (Å²) in [6.45, 7) is 4.06. The lowest BCUT2D eigenvalue weighted by molar-refractivity contribution is -0.104. The number of aliphatic hydroxyl groups excluding tert-OH is 1. The maximum atomic E-state index is 9.20. The monoisotopic (exact) mass is 147 g/mol. The lowest BCUT2D eigenvalue weighted by Gasteiger charge is -2.24. The Morgan fingerprint density at radius 3 is 2.00 bits per heavy atom. The number of rotatable bonds is 4. The third kappa shape index (κ3) is 2.64. The molecule has 3 nitrogen and oxygen atoms in total. The molecule has 0 aromatic heterocycles. The van der Waals surface area contributed by atoms with Gasteiger partial charge in [-0.1, -0.05) is 13.8 Å². The molecule has 0 aromatic carbocycles. The van der Waals surface area contributed by atoms with Gasteiger partial charge in [0, 0.05) is 7.11 Å². The summed E-state index contributed by atoms with van der Waals surface area (Å²) >= 11 is 0. The lowest BCUT2D eigenvalue weighted by Crippen LogP contribution is -2.42.